The van der Waals surface area contributed by atoms with Crippen molar-refractivity contribution in [2.75, 3.05) is 0 Å². The average molecular weight is 162 g/mol. The van der Waals surface area contributed by atoms with Crippen LogP contribution in [-0.2, 0) is 6.42 Å². The van der Waals surface area contributed by atoms with Crippen LogP contribution in [0.2, 0.25) is 0 Å². The van der Waals surface area contributed by atoms with E-state index in [2.05, 4.69) is 15.7 Å². The number of halogens is 2. The lowest BCUT2D eigenvalue weighted by atomic mass is 10.3. The molecule has 61 valence electrons. The second-order valence-electron chi connectivity index (χ2n) is 2.12. The summed E-state index contributed by atoms with van der Waals surface area (Å²) in [5.74, 6) is 0.254. The molecule has 3 nitrogen and oxygen atoms in total. The summed E-state index contributed by atoms with van der Waals surface area (Å²) < 4.78 is 28.3. The summed E-state index contributed by atoms with van der Waals surface area (Å²) >= 11 is 0. The largest absolute Gasteiger partial charge is 0.437 e. The second-order valence-corrected chi connectivity index (χ2v) is 2.12. The molecule has 1 heterocycles. The standard InChI is InChI=1S/C6H6F2NO2/c1-4-9-5(3-11-4)2-6(7,8)10/h10H,2H2,1H3. The van der Waals surface area contributed by atoms with Gasteiger partial charge in [0, 0.05) is 6.92 Å². The van der Waals surface area contributed by atoms with E-state index in [0.29, 0.717) is 0 Å². The van der Waals surface area contributed by atoms with Gasteiger partial charge in [-0.2, -0.15) is 8.78 Å². The molecule has 0 saturated heterocycles. The molecule has 11 heavy (non-hydrogen) atoms. The van der Waals surface area contributed by atoms with Gasteiger partial charge in [-0.3, -0.25) is 0 Å². The molecule has 0 amide bonds. The molecule has 0 unspecified atom stereocenters. The molecule has 0 bridgehead atoms. The van der Waals surface area contributed by atoms with Crippen molar-refractivity contribution in [1.82, 2.24) is 4.98 Å². The zero-order valence-electron chi connectivity index (χ0n) is 5.77. The summed E-state index contributed by atoms with van der Waals surface area (Å²) in [5.41, 5.74) is -0.0741. The number of nitrogens with zero attached hydrogens (tertiary/aromatic N) is 1. The van der Waals surface area contributed by atoms with Gasteiger partial charge in [0.1, 0.15) is 0 Å². The van der Waals surface area contributed by atoms with Crippen molar-refractivity contribution in [3.8, 4) is 0 Å². The van der Waals surface area contributed by atoms with E-state index in [4.69, 9.17) is 5.11 Å². The van der Waals surface area contributed by atoms with Crippen LogP contribution in [0.15, 0.2) is 4.42 Å². The average Bonchev–Trinajstić information content (AvgIpc) is 2.10. The first kappa shape index (κ1) is 8.13. The molecule has 5 heteroatoms. The van der Waals surface area contributed by atoms with E-state index in [0.717, 1.165) is 0 Å². The van der Waals surface area contributed by atoms with Crippen molar-refractivity contribution in [3.05, 3.63) is 17.8 Å². The maximum Gasteiger partial charge on any atom is 0.359 e. The maximum atomic E-state index is 11.9. The van der Waals surface area contributed by atoms with Gasteiger partial charge in [0.2, 0.25) is 0 Å². The fraction of sp³-hybridized carbons (Fsp3) is 0.500. The van der Waals surface area contributed by atoms with E-state index in [-0.39, 0.29) is 11.6 Å². The van der Waals surface area contributed by atoms with Crippen LogP contribution < -0.4 is 0 Å². The molecule has 1 radical (unpaired) electrons. The van der Waals surface area contributed by atoms with Crippen LogP contribution >= 0.6 is 0 Å². The number of rotatable bonds is 2. The lowest BCUT2D eigenvalue weighted by Gasteiger charge is -2.03. The van der Waals surface area contributed by atoms with Crippen LogP contribution in [0, 0.1) is 13.2 Å². The summed E-state index contributed by atoms with van der Waals surface area (Å²) in [6, 6.07) is 0. The van der Waals surface area contributed by atoms with Gasteiger partial charge in [0.15, 0.2) is 12.2 Å². The third-order valence-corrected chi connectivity index (χ3v) is 0.989. The number of alkyl halides is 2. The highest BCUT2D eigenvalue weighted by Gasteiger charge is 2.26. The zero-order chi connectivity index (χ0) is 8.48. The first-order chi connectivity index (χ1) is 4.97. The van der Waals surface area contributed by atoms with E-state index < -0.39 is 12.5 Å². The molecule has 1 N–H and O–H groups in total. The number of aliphatic hydroxyl groups is 1. The third kappa shape index (κ3) is 2.63. The molecular formula is C6H6F2NO2. The van der Waals surface area contributed by atoms with Crippen LogP contribution in [0.3, 0.4) is 0 Å². The molecule has 0 aromatic carbocycles. The third-order valence-electron chi connectivity index (χ3n) is 0.989. The van der Waals surface area contributed by atoms with E-state index in [1.54, 1.807) is 0 Å². The van der Waals surface area contributed by atoms with Crippen LogP contribution in [-0.4, -0.2) is 16.2 Å². The molecular weight excluding hydrogens is 156 g/mol. The first-order valence-electron chi connectivity index (χ1n) is 2.91. The van der Waals surface area contributed by atoms with E-state index in [1.165, 1.54) is 6.92 Å². The van der Waals surface area contributed by atoms with Gasteiger partial charge < -0.3 is 9.52 Å². The highest BCUT2D eigenvalue weighted by molar-refractivity contribution is 4.95. The van der Waals surface area contributed by atoms with Crippen molar-refractivity contribution in [3.63, 3.8) is 0 Å². The van der Waals surface area contributed by atoms with Crippen LogP contribution in [0.1, 0.15) is 11.6 Å². The number of aryl methyl sites for hydroxylation is 1. The summed E-state index contributed by atoms with van der Waals surface area (Å²) in [5, 5.41) is 8.05. The molecule has 0 aliphatic heterocycles. The van der Waals surface area contributed by atoms with Gasteiger partial charge in [0.25, 0.3) is 0 Å². The molecule has 1 aromatic heterocycles. The van der Waals surface area contributed by atoms with Crippen LogP contribution in [0.25, 0.3) is 0 Å². The Morgan fingerprint density at radius 2 is 2.36 bits per heavy atom. The Balaban J connectivity index is 2.65. The van der Waals surface area contributed by atoms with E-state index in [1.807, 2.05) is 0 Å². The highest BCUT2D eigenvalue weighted by Crippen LogP contribution is 2.14. The van der Waals surface area contributed by atoms with Gasteiger partial charge in [0.05, 0.1) is 12.1 Å². The molecule has 0 spiro atoms. The van der Waals surface area contributed by atoms with Gasteiger partial charge in [-0.1, -0.05) is 0 Å². The van der Waals surface area contributed by atoms with Crippen molar-refractivity contribution in [2.24, 2.45) is 0 Å². The van der Waals surface area contributed by atoms with Crippen LogP contribution in [0.5, 0.6) is 0 Å². The smallest absolute Gasteiger partial charge is 0.359 e. The monoisotopic (exact) mass is 162 g/mol. The van der Waals surface area contributed by atoms with Gasteiger partial charge in [-0.25, -0.2) is 4.98 Å². The zero-order valence-corrected chi connectivity index (χ0v) is 5.77. The molecule has 1 aromatic rings. The van der Waals surface area contributed by atoms with Crippen molar-refractivity contribution < 1.29 is 18.3 Å². The Bertz CT molecular complexity index is 241. The molecule has 0 saturated carbocycles. The minimum Gasteiger partial charge on any atom is -0.437 e. The van der Waals surface area contributed by atoms with Gasteiger partial charge >= 0.3 is 6.11 Å². The predicted octanol–water partition coefficient (Wildman–Crippen LogP) is 0.911. The lowest BCUT2D eigenvalue weighted by molar-refractivity contribution is -0.197. The van der Waals surface area contributed by atoms with Gasteiger partial charge in [-0.15, -0.1) is 0 Å². The Morgan fingerprint density at radius 1 is 1.73 bits per heavy atom. The number of hydrogen-bond acceptors (Lipinski definition) is 3. The van der Waals surface area contributed by atoms with Crippen molar-refractivity contribution in [2.45, 2.75) is 19.5 Å². The van der Waals surface area contributed by atoms with Gasteiger partial charge in [-0.05, 0) is 0 Å². The number of oxazole rings is 1. The molecule has 0 aliphatic rings. The van der Waals surface area contributed by atoms with E-state index >= 15 is 0 Å². The summed E-state index contributed by atoms with van der Waals surface area (Å²) in [7, 11) is 0. The van der Waals surface area contributed by atoms with E-state index in [9.17, 15) is 8.78 Å². The minimum atomic E-state index is -3.74. The molecule has 0 atom stereocenters. The normalized spacial score (nSPS) is 12.0. The lowest BCUT2D eigenvalue weighted by Crippen LogP contribution is -2.18. The summed E-state index contributed by atoms with van der Waals surface area (Å²) in [6.07, 6.45) is -2.46. The second kappa shape index (κ2) is 2.58. The quantitative estimate of drug-likeness (QED) is 0.703. The SMILES string of the molecule is Cc1nc(CC(O)(F)F)[c]o1. The maximum absolute atomic E-state index is 11.9. The fourth-order valence-electron chi connectivity index (χ4n) is 0.646. The Morgan fingerprint density at radius 3 is 2.73 bits per heavy atom. The topological polar surface area (TPSA) is 46.3 Å². The first-order valence-corrected chi connectivity index (χ1v) is 2.91. The number of hydrogen-bond donors (Lipinski definition) is 1. The highest BCUT2D eigenvalue weighted by atomic mass is 19.3. The summed E-state index contributed by atoms with van der Waals surface area (Å²) in [4.78, 5) is 3.53. The van der Waals surface area contributed by atoms with Crippen LogP contribution in [0.4, 0.5) is 8.78 Å². The predicted molar refractivity (Wildman–Crippen MR) is 30.9 cm³/mol. The Kier molecular flexibility index (Phi) is 1.90. The molecule has 0 aliphatic carbocycles. The van der Waals surface area contributed by atoms with Crippen molar-refractivity contribution in [1.29, 1.82) is 0 Å². The fourth-order valence-corrected chi connectivity index (χ4v) is 0.646. The Labute approximate surface area is 61.7 Å². The molecule has 0 fully saturated rings. The van der Waals surface area contributed by atoms with Crippen molar-refractivity contribution >= 4 is 0 Å². The minimum absolute atomic E-state index is 0.0741. The molecule has 1 rings (SSSR count). The summed E-state index contributed by atoms with van der Waals surface area (Å²) in [6.45, 7) is 1.51. The number of aromatic nitrogens is 1. The Hall–Kier alpha value is -0.970.